The second-order valence-corrected chi connectivity index (χ2v) is 4.48. The molecule has 0 fully saturated rings. The minimum absolute atomic E-state index is 0.288. The van der Waals surface area contributed by atoms with Crippen molar-refractivity contribution in [2.24, 2.45) is 0 Å². The summed E-state index contributed by atoms with van der Waals surface area (Å²) in [5.74, 6) is 0.288. The molecule has 0 amide bonds. The van der Waals surface area contributed by atoms with E-state index >= 15 is 0 Å². The second kappa shape index (κ2) is 4.98. The number of hydrogen-bond donors (Lipinski definition) is 2. The molecule has 94 valence electrons. The lowest BCUT2D eigenvalue weighted by molar-refractivity contribution is 0.475. The standard InChI is InChI=1S/C16H14N2O/c19-15-8-6-12(7-9-15)10-14-11-16(18-17-14)13-4-2-1-3-5-13/h1-9,11,19H,10H2,(H,17,18). The van der Waals surface area contributed by atoms with Crippen LogP contribution in [0.5, 0.6) is 5.75 Å². The molecule has 2 N–H and O–H groups in total. The van der Waals surface area contributed by atoms with Gasteiger partial charge in [0.05, 0.1) is 11.4 Å². The SMILES string of the molecule is Oc1ccc(Cc2cc(-c3ccccc3)[nH]n2)cc1. The van der Waals surface area contributed by atoms with E-state index in [2.05, 4.69) is 28.4 Å². The van der Waals surface area contributed by atoms with E-state index in [-0.39, 0.29) is 5.75 Å². The molecule has 19 heavy (non-hydrogen) atoms. The summed E-state index contributed by atoms with van der Waals surface area (Å²) >= 11 is 0. The van der Waals surface area contributed by atoms with Gasteiger partial charge < -0.3 is 5.11 Å². The molecule has 0 saturated heterocycles. The van der Waals surface area contributed by atoms with Gasteiger partial charge in [-0.05, 0) is 29.3 Å². The van der Waals surface area contributed by atoms with Crippen molar-refractivity contribution >= 4 is 0 Å². The Hall–Kier alpha value is -2.55. The van der Waals surface area contributed by atoms with Crippen LogP contribution >= 0.6 is 0 Å². The van der Waals surface area contributed by atoms with Crippen LogP contribution in [0.4, 0.5) is 0 Å². The van der Waals surface area contributed by atoms with E-state index in [1.165, 1.54) is 0 Å². The maximum atomic E-state index is 9.25. The van der Waals surface area contributed by atoms with Crippen LogP contribution in [-0.2, 0) is 6.42 Å². The Labute approximate surface area is 111 Å². The van der Waals surface area contributed by atoms with Gasteiger partial charge in [-0.3, -0.25) is 5.10 Å². The lowest BCUT2D eigenvalue weighted by Crippen LogP contribution is -1.87. The van der Waals surface area contributed by atoms with Crippen LogP contribution in [0.3, 0.4) is 0 Å². The van der Waals surface area contributed by atoms with Crippen LogP contribution in [-0.4, -0.2) is 15.3 Å². The molecule has 3 nitrogen and oxygen atoms in total. The third kappa shape index (κ3) is 2.65. The Kier molecular flexibility index (Phi) is 3.02. The molecule has 0 aliphatic rings. The minimum Gasteiger partial charge on any atom is -0.508 e. The molecule has 0 atom stereocenters. The number of nitrogens with one attached hydrogen (secondary N) is 1. The molecule has 0 aliphatic heterocycles. The van der Waals surface area contributed by atoms with Gasteiger partial charge in [-0.25, -0.2) is 0 Å². The highest BCUT2D eigenvalue weighted by atomic mass is 16.3. The summed E-state index contributed by atoms with van der Waals surface area (Å²) in [5, 5.41) is 16.6. The average molecular weight is 250 g/mol. The fraction of sp³-hybridized carbons (Fsp3) is 0.0625. The number of hydrogen-bond acceptors (Lipinski definition) is 2. The molecule has 0 radical (unpaired) electrons. The van der Waals surface area contributed by atoms with Crippen molar-refractivity contribution in [1.82, 2.24) is 10.2 Å². The lowest BCUT2D eigenvalue weighted by atomic mass is 10.1. The van der Waals surface area contributed by atoms with Crippen LogP contribution in [0, 0.1) is 0 Å². The highest BCUT2D eigenvalue weighted by molar-refractivity contribution is 5.59. The fourth-order valence-corrected chi connectivity index (χ4v) is 2.04. The Morgan fingerprint density at radius 3 is 2.42 bits per heavy atom. The minimum atomic E-state index is 0.288. The van der Waals surface area contributed by atoms with Crippen molar-refractivity contribution in [1.29, 1.82) is 0 Å². The number of phenols is 1. The molecule has 0 spiro atoms. The summed E-state index contributed by atoms with van der Waals surface area (Å²) < 4.78 is 0. The molecule has 3 heteroatoms. The molecule has 2 aromatic carbocycles. The molecule has 1 aromatic heterocycles. The Morgan fingerprint density at radius 1 is 0.947 bits per heavy atom. The van der Waals surface area contributed by atoms with Crippen LogP contribution in [0.1, 0.15) is 11.3 Å². The summed E-state index contributed by atoms with van der Waals surface area (Å²) in [6, 6.07) is 19.4. The number of phenolic OH excluding ortho intramolecular Hbond substituents is 1. The fourth-order valence-electron chi connectivity index (χ4n) is 2.04. The van der Waals surface area contributed by atoms with Crippen molar-refractivity contribution in [3.63, 3.8) is 0 Å². The number of aromatic nitrogens is 2. The zero-order chi connectivity index (χ0) is 13.1. The summed E-state index contributed by atoms with van der Waals surface area (Å²) in [5.41, 5.74) is 4.27. The quantitative estimate of drug-likeness (QED) is 0.748. The zero-order valence-electron chi connectivity index (χ0n) is 10.4. The van der Waals surface area contributed by atoms with Crippen LogP contribution in [0.25, 0.3) is 11.3 Å². The number of aromatic amines is 1. The maximum Gasteiger partial charge on any atom is 0.115 e. The summed E-state index contributed by atoms with van der Waals surface area (Å²) in [4.78, 5) is 0. The Bertz CT molecular complexity index is 657. The van der Waals surface area contributed by atoms with Gasteiger partial charge in [-0.2, -0.15) is 5.10 Å². The number of aromatic hydroxyl groups is 1. The number of benzene rings is 2. The van der Waals surface area contributed by atoms with Crippen molar-refractivity contribution in [2.45, 2.75) is 6.42 Å². The van der Waals surface area contributed by atoms with Crippen LogP contribution in [0.15, 0.2) is 60.7 Å². The van der Waals surface area contributed by atoms with E-state index in [1.54, 1.807) is 12.1 Å². The van der Waals surface area contributed by atoms with Gasteiger partial charge in [0.15, 0.2) is 0 Å². The molecule has 1 heterocycles. The number of H-pyrrole nitrogens is 1. The summed E-state index contributed by atoms with van der Waals surface area (Å²) in [7, 11) is 0. The smallest absolute Gasteiger partial charge is 0.115 e. The highest BCUT2D eigenvalue weighted by Gasteiger charge is 2.04. The Balaban J connectivity index is 1.80. The first-order valence-electron chi connectivity index (χ1n) is 6.19. The van der Waals surface area contributed by atoms with Crippen LogP contribution < -0.4 is 0 Å². The summed E-state index contributed by atoms with van der Waals surface area (Å²) in [6.45, 7) is 0. The average Bonchev–Trinajstić information content (AvgIpc) is 2.91. The molecule has 0 saturated carbocycles. The molecule has 0 unspecified atom stereocenters. The van der Waals surface area contributed by atoms with Gasteiger partial charge in [-0.15, -0.1) is 0 Å². The summed E-state index contributed by atoms with van der Waals surface area (Å²) in [6.07, 6.45) is 0.754. The van der Waals surface area contributed by atoms with E-state index in [0.29, 0.717) is 0 Å². The van der Waals surface area contributed by atoms with Gasteiger partial charge >= 0.3 is 0 Å². The van der Waals surface area contributed by atoms with Crippen molar-refractivity contribution in [3.8, 4) is 17.0 Å². The highest BCUT2D eigenvalue weighted by Crippen LogP contribution is 2.19. The topological polar surface area (TPSA) is 48.9 Å². The molecule has 0 aliphatic carbocycles. The molecule has 3 aromatic rings. The number of rotatable bonds is 3. The first kappa shape index (κ1) is 11.5. The second-order valence-electron chi connectivity index (χ2n) is 4.48. The molecule has 3 rings (SSSR count). The van der Waals surface area contributed by atoms with Gasteiger partial charge in [0.1, 0.15) is 5.75 Å². The normalized spacial score (nSPS) is 10.5. The van der Waals surface area contributed by atoms with Crippen LogP contribution in [0.2, 0.25) is 0 Å². The van der Waals surface area contributed by atoms with Crippen molar-refractivity contribution < 1.29 is 5.11 Å². The lowest BCUT2D eigenvalue weighted by Gasteiger charge is -1.98. The van der Waals surface area contributed by atoms with Gasteiger partial charge in [0, 0.05) is 6.42 Å². The predicted octanol–water partition coefficient (Wildman–Crippen LogP) is 3.37. The maximum absolute atomic E-state index is 9.25. The van der Waals surface area contributed by atoms with E-state index in [0.717, 1.165) is 28.9 Å². The first-order chi connectivity index (χ1) is 9.31. The molecular formula is C16H14N2O. The van der Waals surface area contributed by atoms with E-state index < -0.39 is 0 Å². The van der Waals surface area contributed by atoms with E-state index in [1.807, 2.05) is 30.3 Å². The predicted molar refractivity (Wildman–Crippen MR) is 74.9 cm³/mol. The van der Waals surface area contributed by atoms with Gasteiger partial charge in [-0.1, -0.05) is 42.5 Å². The van der Waals surface area contributed by atoms with Gasteiger partial charge in [0.25, 0.3) is 0 Å². The van der Waals surface area contributed by atoms with E-state index in [9.17, 15) is 5.11 Å². The largest absolute Gasteiger partial charge is 0.508 e. The molecule has 0 bridgehead atoms. The monoisotopic (exact) mass is 250 g/mol. The Morgan fingerprint density at radius 2 is 1.68 bits per heavy atom. The van der Waals surface area contributed by atoms with Gasteiger partial charge in [0.2, 0.25) is 0 Å². The van der Waals surface area contributed by atoms with Crippen molar-refractivity contribution in [2.75, 3.05) is 0 Å². The number of nitrogens with zero attached hydrogens (tertiary/aromatic N) is 1. The van der Waals surface area contributed by atoms with Crippen molar-refractivity contribution in [3.05, 3.63) is 71.9 Å². The third-order valence-electron chi connectivity index (χ3n) is 3.04. The zero-order valence-corrected chi connectivity index (χ0v) is 10.4. The van der Waals surface area contributed by atoms with E-state index in [4.69, 9.17) is 0 Å². The first-order valence-corrected chi connectivity index (χ1v) is 6.19. The third-order valence-corrected chi connectivity index (χ3v) is 3.04. The molecular weight excluding hydrogens is 236 g/mol.